The van der Waals surface area contributed by atoms with Gasteiger partial charge in [0.25, 0.3) is 10.0 Å². The highest BCUT2D eigenvalue weighted by atomic mass is 35.5. The van der Waals surface area contributed by atoms with Crippen LogP contribution < -0.4 is 4.31 Å². The zero-order valence-electron chi connectivity index (χ0n) is 13.5. The van der Waals surface area contributed by atoms with Gasteiger partial charge in [-0.25, -0.2) is 8.42 Å². The largest absolute Gasteiger partial charge is 0.266 e. The van der Waals surface area contributed by atoms with Crippen molar-refractivity contribution < 1.29 is 8.42 Å². The van der Waals surface area contributed by atoms with Crippen molar-refractivity contribution in [3.05, 3.63) is 71.2 Å². The smallest absolute Gasteiger partial charge is 0.264 e. The summed E-state index contributed by atoms with van der Waals surface area (Å²) in [5, 5.41) is 2.47. The number of benzene rings is 3. The lowest BCUT2D eigenvalue weighted by Gasteiger charge is -2.25. The molecule has 0 fully saturated rings. The normalized spacial score (nSPS) is 11.6. The molecule has 3 aromatic carbocycles. The fourth-order valence-electron chi connectivity index (χ4n) is 2.79. The minimum atomic E-state index is -3.66. The Hall–Kier alpha value is -2.04. The van der Waals surface area contributed by atoms with Gasteiger partial charge in [0.15, 0.2) is 0 Å². The number of sulfonamides is 1. The first-order chi connectivity index (χ1) is 11.4. The van der Waals surface area contributed by atoms with Gasteiger partial charge >= 0.3 is 0 Å². The molecular formula is C19H18ClNO2S. The zero-order valence-corrected chi connectivity index (χ0v) is 15.1. The minimum Gasteiger partial charge on any atom is -0.266 e. The lowest BCUT2D eigenvalue weighted by molar-refractivity contribution is 0.592. The van der Waals surface area contributed by atoms with Gasteiger partial charge in [-0.05, 0) is 54.4 Å². The SMILES string of the molecule is CCN(c1cccc(Cl)c1C)S(=O)(=O)c1ccc2ccccc2c1. The lowest BCUT2D eigenvalue weighted by atomic mass is 10.1. The molecule has 3 rings (SSSR count). The van der Waals surface area contributed by atoms with Gasteiger partial charge in [0.1, 0.15) is 0 Å². The fraction of sp³-hybridized carbons (Fsp3) is 0.158. The van der Waals surface area contributed by atoms with Crippen LogP contribution in [0.25, 0.3) is 10.8 Å². The molecule has 0 aliphatic carbocycles. The highest BCUT2D eigenvalue weighted by Crippen LogP contribution is 2.31. The third kappa shape index (κ3) is 2.87. The van der Waals surface area contributed by atoms with Gasteiger partial charge in [0.2, 0.25) is 0 Å². The maximum atomic E-state index is 13.2. The number of anilines is 1. The van der Waals surface area contributed by atoms with Crippen molar-refractivity contribution in [2.45, 2.75) is 18.7 Å². The molecule has 0 aromatic heterocycles. The Labute approximate surface area is 147 Å². The van der Waals surface area contributed by atoms with Crippen LogP contribution in [0.15, 0.2) is 65.6 Å². The molecule has 0 heterocycles. The number of nitrogens with zero attached hydrogens (tertiary/aromatic N) is 1. The molecule has 0 saturated heterocycles. The molecule has 0 spiro atoms. The summed E-state index contributed by atoms with van der Waals surface area (Å²) in [6, 6.07) is 18.2. The van der Waals surface area contributed by atoms with Crippen molar-refractivity contribution in [1.29, 1.82) is 0 Å². The summed E-state index contributed by atoms with van der Waals surface area (Å²) in [6.07, 6.45) is 0. The van der Waals surface area contributed by atoms with Gasteiger partial charge in [-0.1, -0.05) is 48.0 Å². The van der Waals surface area contributed by atoms with E-state index in [0.29, 0.717) is 17.3 Å². The van der Waals surface area contributed by atoms with E-state index >= 15 is 0 Å². The number of halogens is 1. The van der Waals surface area contributed by atoms with E-state index in [1.807, 2.05) is 44.2 Å². The molecular weight excluding hydrogens is 342 g/mol. The van der Waals surface area contributed by atoms with E-state index in [9.17, 15) is 8.42 Å². The third-order valence-electron chi connectivity index (χ3n) is 4.10. The summed E-state index contributed by atoms with van der Waals surface area (Å²) in [5.41, 5.74) is 1.36. The van der Waals surface area contributed by atoms with Crippen molar-refractivity contribution >= 4 is 38.1 Å². The van der Waals surface area contributed by atoms with Crippen LogP contribution in [-0.4, -0.2) is 15.0 Å². The second-order valence-electron chi connectivity index (χ2n) is 5.56. The average molecular weight is 360 g/mol. The highest BCUT2D eigenvalue weighted by Gasteiger charge is 2.25. The Bertz CT molecular complexity index is 999. The molecule has 0 radical (unpaired) electrons. The molecule has 124 valence electrons. The van der Waals surface area contributed by atoms with Crippen LogP contribution in [0.1, 0.15) is 12.5 Å². The Balaban J connectivity index is 2.14. The Kier molecular flexibility index (Phi) is 4.52. The zero-order chi connectivity index (χ0) is 17.3. The molecule has 3 aromatic rings. The molecule has 0 bridgehead atoms. The van der Waals surface area contributed by atoms with E-state index in [1.54, 1.807) is 30.3 Å². The van der Waals surface area contributed by atoms with Crippen LogP contribution in [-0.2, 0) is 10.0 Å². The van der Waals surface area contributed by atoms with E-state index < -0.39 is 10.0 Å². The molecule has 0 amide bonds. The van der Waals surface area contributed by atoms with Gasteiger partial charge in [0, 0.05) is 11.6 Å². The monoisotopic (exact) mass is 359 g/mol. The molecule has 24 heavy (non-hydrogen) atoms. The molecule has 3 nitrogen and oxygen atoms in total. The van der Waals surface area contributed by atoms with E-state index in [-0.39, 0.29) is 4.90 Å². The fourth-order valence-corrected chi connectivity index (χ4v) is 4.53. The van der Waals surface area contributed by atoms with Gasteiger partial charge in [-0.2, -0.15) is 0 Å². The maximum Gasteiger partial charge on any atom is 0.264 e. The average Bonchev–Trinajstić information content (AvgIpc) is 2.58. The first-order valence-corrected chi connectivity index (χ1v) is 9.53. The summed E-state index contributed by atoms with van der Waals surface area (Å²) < 4.78 is 27.7. The molecule has 0 unspecified atom stereocenters. The quantitative estimate of drug-likeness (QED) is 0.656. The summed E-state index contributed by atoms with van der Waals surface area (Å²) in [7, 11) is -3.66. The van der Waals surface area contributed by atoms with Gasteiger partial charge < -0.3 is 0 Å². The molecule has 0 aliphatic heterocycles. The Morgan fingerprint density at radius 1 is 0.958 bits per heavy atom. The highest BCUT2D eigenvalue weighted by molar-refractivity contribution is 7.92. The van der Waals surface area contributed by atoms with E-state index in [1.165, 1.54) is 4.31 Å². The minimum absolute atomic E-state index is 0.280. The van der Waals surface area contributed by atoms with Gasteiger partial charge in [0.05, 0.1) is 10.6 Å². The summed E-state index contributed by atoms with van der Waals surface area (Å²) >= 11 is 6.17. The number of hydrogen-bond acceptors (Lipinski definition) is 2. The summed E-state index contributed by atoms with van der Waals surface area (Å²) in [4.78, 5) is 0.280. The van der Waals surface area contributed by atoms with Crippen LogP contribution in [0, 0.1) is 6.92 Å². The van der Waals surface area contributed by atoms with Crippen molar-refractivity contribution in [3.63, 3.8) is 0 Å². The lowest BCUT2D eigenvalue weighted by Crippen LogP contribution is -2.31. The van der Waals surface area contributed by atoms with Crippen molar-refractivity contribution in [2.24, 2.45) is 0 Å². The predicted octanol–water partition coefficient (Wildman–Crippen LogP) is 5.02. The Morgan fingerprint density at radius 3 is 2.38 bits per heavy atom. The molecule has 0 aliphatic rings. The number of hydrogen-bond donors (Lipinski definition) is 0. The van der Waals surface area contributed by atoms with Crippen LogP contribution in [0.5, 0.6) is 0 Å². The Morgan fingerprint density at radius 2 is 1.67 bits per heavy atom. The maximum absolute atomic E-state index is 13.2. The molecule has 0 saturated carbocycles. The van der Waals surface area contributed by atoms with Crippen LogP contribution in [0.2, 0.25) is 5.02 Å². The van der Waals surface area contributed by atoms with E-state index in [4.69, 9.17) is 11.6 Å². The first kappa shape index (κ1) is 16.8. The van der Waals surface area contributed by atoms with E-state index in [0.717, 1.165) is 16.3 Å². The number of fused-ring (bicyclic) bond motifs is 1. The van der Waals surface area contributed by atoms with Gasteiger partial charge in [-0.15, -0.1) is 0 Å². The summed E-state index contributed by atoms with van der Waals surface area (Å²) in [5.74, 6) is 0. The second kappa shape index (κ2) is 6.46. The second-order valence-corrected chi connectivity index (χ2v) is 7.83. The van der Waals surface area contributed by atoms with Crippen molar-refractivity contribution in [3.8, 4) is 0 Å². The predicted molar refractivity (Wildman–Crippen MR) is 100 cm³/mol. The standard InChI is InChI=1S/C19H18ClNO2S/c1-3-21(19-10-6-9-18(20)14(19)2)24(22,23)17-12-11-15-7-4-5-8-16(15)13-17/h4-13H,3H2,1-2H3. The summed E-state index contributed by atoms with van der Waals surface area (Å²) in [6.45, 7) is 3.98. The molecule has 0 atom stereocenters. The molecule has 5 heteroatoms. The third-order valence-corrected chi connectivity index (χ3v) is 6.40. The van der Waals surface area contributed by atoms with Crippen molar-refractivity contribution in [1.82, 2.24) is 0 Å². The first-order valence-electron chi connectivity index (χ1n) is 7.72. The van der Waals surface area contributed by atoms with E-state index in [2.05, 4.69) is 0 Å². The van der Waals surface area contributed by atoms with Crippen LogP contribution in [0.4, 0.5) is 5.69 Å². The van der Waals surface area contributed by atoms with Crippen molar-refractivity contribution in [2.75, 3.05) is 10.8 Å². The van der Waals surface area contributed by atoms with Crippen LogP contribution >= 0.6 is 11.6 Å². The number of rotatable bonds is 4. The van der Waals surface area contributed by atoms with Crippen LogP contribution in [0.3, 0.4) is 0 Å². The topological polar surface area (TPSA) is 37.4 Å². The van der Waals surface area contributed by atoms with Gasteiger partial charge in [-0.3, -0.25) is 4.31 Å². The molecule has 0 N–H and O–H groups in total.